The second kappa shape index (κ2) is 9.14. The molecule has 3 aromatic heterocycles. The van der Waals surface area contributed by atoms with Crippen molar-refractivity contribution in [3.63, 3.8) is 0 Å². The molecule has 0 saturated carbocycles. The van der Waals surface area contributed by atoms with Crippen LogP contribution < -0.4 is 5.32 Å². The number of pyridine rings is 1. The van der Waals surface area contributed by atoms with Gasteiger partial charge in [0.2, 0.25) is 10.0 Å². The zero-order valence-electron chi connectivity index (χ0n) is 17.5. The molecular weight excluding hydrogens is 476 g/mol. The fraction of sp³-hybridized carbons (Fsp3) is 0.174. The summed E-state index contributed by atoms with van der Waals surface area (Å²) < 4.78 is 28.2. The van der Waals surface area contributed by atoms with Crippen molar-refractivity contribution in [1.82, 2.24) is 19.6 Å². The van der Waals surface area contributed by atoms with Gasteiger partial charge in [0, 0.05) is 36.4 Å². The van der Waals surface area contributed by atoms with E-state index in [4.69, 9.17) is 0 Å². The van der Waals surface area contributed by atoms with E-state index >= 15 is 0 Å². The van der Waals surface area contributed by atoms with Gasteiger partial charge in [0.15, 0.2) is 0 Å². The van der Waals surface area contributed by atoms with Crippen LogP contribution in [0.5, 0.6) is 0 Å². The topological polar surface area (TPSA) is 92.3 Å². The van der Waals surface area contributed by atoms with Crippen molar-refractivity contribution in [1.29, 1.82) is 0 Å². The second-order valence-electron chi connectivity index (χ2n) is 7.52. The lowest BCUT2D eigenvalue weighted by Gasteiger charge is -2.28. The Balaban J connectivity index is 1.30. The third kappa shape index (κ3) is 4.47. The van der Waals surface area contributed by atoms with E-state index in [1.165, 1.54) is 27.3 Å². The molecule has 5 rings (SSSR count). The minimum Gasteiger partial charge on any atom is -0.345 e. The molecule has 1 aliphatic heterocycles. The molecule has 0 spiro atoms. The van der Waals surface area contributed by atoms with Gasteiger partial charge in [-0.1, -0.05) is 24.3 Å². The molecule has 1 N–H and O–H groups in total. The van der Waals surface area contributed by atoms with Crippen LogP contribution in [-0.2, 0) is 29.5 Å². The highest BCUT2D eigenvalue weighted by molar-refractivity contribution is 7.89. The minimum absolute atomic E-state index is 0.0565. The molecule has 0 aliphatic carbocycles. The van der Waals surface area contributed by atoms with Crippen LogP contribution >= 0.6 is 22.7 Å². The van der Waals surface area contributed by atoms with Crippen LogP contribution in [-0.4, -0.2) is 35.1 Å². The zero-order valence-corrected chi connectivity index (χ0v) is 19.9. The highest BCUT2D eigenvalue weighted by Crippen LogP contribution is 2.29. The van der Waals surface area contributed by atoms with Gasteiger partial charge in [-0.3, -0.25) is 9.78 Å². The maximum Gasteiger partial charge on any atom is 0.263 e. The Morgan fingerprint density at radius 3 is 2.67 bits per heavy atom. The Morgan fingerprint density at radius 1 is 1.06 bits per heavy atom. The molecule has 0 saturated heterocycles. The van der Waals surface area contributed by atoms with Gasteiger partial charge in [-0.2, -0.15) is 4.31 Å². The number of thiazole rings is 1. The minimum atomic E-state index is -3.79. The first kappa shape index (κ1) is 21.9. The van der Waals surface area contributed by atoms with Crippen molar-refractivity contribution in [2.45, 2.75) is 24.4 Å². The van der Waals surface area contributed by atoms with Crippen LogP contribution in [0, 0.1) is 0 Å². The molecule has 0 fully saturated rings. The fourth-order valence-electron chi connectivity index (χ4n) is 3.76. The molecule has 10 heteroatoms. The first-order valence-corrected chi connectivity index (χ1v) is 13.5. The van der Waals surface area contributed by atoms with E-state index in [0.717, 1.165) is 33.2 Å². The van der Waals surface area contributed by atoms with Crippen LogP contribution in [0.15, 0.2) is 70.5 Å². The summed E-state index contributed by atoms with van der Waals surface area (Å²) in [5, 5.41) is 7.13. The fourth-order valence-corrected chi connectivity index (χ4v) is 7.24. The largest absolute Gasteiger partial charge is 0.345 e. The van der Waals surface area contributed by atoms with Crippen molar-refractivity contribution < 1.29 is 13.2 Å². The Labute approximate surface area is 199 Å². The number of carbonyl (C=O) groups is 1. The van der Waals surface area contributed by atoms with Crippen molar-refractivity contribution in [2.24, 2.45) is 0 Å². The van der Waals surface area contributed by atoms with Gasteiger partial charge >= 0.3 is 0 Å². The predicted octanol–water partition coefficient (Wildman–Crippen LogP) is 3.94. The average molecular weight is 497 g/mol. The summed E-state index contributed by atoms with van der Waals surface area (Å²) >= 11 is 2.57. The van der Waals surface area contributed by atoms with Crippen molar-refractivity contribution in [3.8, 4) is 11.3 Å². The molecule has 33 heavy (non-hydrogen) atoms. The highest BCUT2D eigenvalue weighted by atomic mass is 32.2. The van der Waals surface area contributed by atoms with Gasteiger partial charge in [0.05, 0.1) is 12.2 Å². The number of hydrogen-bond acceptors (Lipinski definition) is 7. The number of carbonyl (C=O) groups excluding carboxylic acids is 1. The highest BCUT2D eigenvalue weighted by Gasteiger charge is 2.32. The summed E-state index contributed by atoms with van der Waals surface area (Å²) in [6, 6.07) is 13.1. The van der Waals surface area contributed by atoms with Crippen molar-refractivity contribution in [3.05, 3.63) is 86.6 Å². The number of fused-ring (bicyclic) bond motifs is 1. The first-order chi connectivity index (χ1) is 16.0. The Morgan fingerprint density at radius 2 is 1.85 bits per heavy atom. The maximum atomic E-state index is 13.4. The van der Waals surface area contributed by atoms with E-state index in [1.54, 1.807) is 17.8 Å². The van der Waals surface area contributed by atoms with Gasteiger partial charge < -0.3 is 5.32 Å². The number of sulfonamides is 1. The van der Waals surface area contributed by atoms with E-state index in [9.17, 15) is 13.2 Å². The summed E-state index contributed by atoms with van der Waals surface area (Å²) in [6.45, 7) is 0.933. The quantitative estimate of drug-likeness (QED) is 0.437. The summed E-state index contributed by atoms with van der Waals surface area (Å²) in [5.41, 5.74) is 3.94. The molecule has 0 radical (unpaired) electrons. The maximum absolute atomic E-state index is 13.4. The number of aromatic nitrogens is 2. The lowest BCUT2D eigenvalue weighted by atomic mass is 10.0. The van der Waals surface area contributed by atoms with Gasteiger partial charge in [0.25, 0.3) is 5.91 Å². The number of nitrogens with zero attached hydrogens (tertiary/aromatic N) is 3. The smallest absolute Gasteiger partial charge is 0.263 e. The standard InChI is InChI=1S/C23H20N4O3S3/c28-23(25-13-21-26-19(15-32-21)17-5-9-24-10-6-17)22-20(8-12-31-22)33(29,30)27-11-7-16-3-1-2-4-18(16)14-27/h1-6,8-10,12,15H,7,11,13-14H2,(H,25,28). The Kier molecular flexibility index (Phi) is 6.07. The number of thiophene rings is 1. The number of rotatable bonds is 6. The molecule has 0 unspecified atom stereocenters. The molecule has 0 bridgehead atoms. The van der Waals surface area contributed by atoms with Gasteiger partial charge in [0.1, 0.15) is 14.8 Å². The van der Waals surface area contributed by atoms with Gasteiger partial charge in [-0.15, -0.1) is 22.7 Å². The summed E-state index contributed by atoms with van der Waals surface area (Å²) in [4.78, 5) is 21.7. The molecule has 4 aromatic rings. The second-order valence-corrected chi connectivity index (χ2v) is 11.3. The predicted molar refractivity (Wildman–Crippen MR) is 129 cm³/mol. The van der Waals surface area contributed by atoms with Gasteiger partial charge in [-0.25, -0.2) is 13.4 Å². The molecule has 0 atom stereocenters. The van der Waals surface area contributed by atoms with E-state index < -0.39 is 15.9 Å². The number of benzene rings is 1. The van der Waals surface area contributed by atoms with Crippen molar-refractivity contribution in [2.75, 3.05) is 6.54 Å². The monoisotopic (exact) mass is 496 g/mol. The third-order valence-electron chi connectivity index (χ3n) is 5.48. The lowest BCUT2D eigenvalue weighted by molar-refractivity contribution is 0.0952. The van der Waals surface area contributed by atoms with Crippen LogP contribution in [0.25, 0.3) is 11.3 Å². The first-order valence-electron chi connectivity index (χ1n) is 10.3. The van der Waals surface area contributed by atoms with E-state index in [1.807, 2.05) is 41.8 Å². The summed E-state index contributed by atoms with van der Waals surface area (Å²) in [5.74, 6) is -0.415. The van der Waals surface area contributed by atoms with Crippen LogP contribution in [0.3, 0.4) is 0 Å². The number of nitrogens with one attached hydrogen (secondary N) is 1. The van der Waals surface area contributed by atoms with Crippen LogP contribution in [0.1, 0.15) is 25.8 Å². The van der Waals surface area contributed by atoms with Crippen LogP contribution in [0.2, 0.25) is 0 Å². The zero-order chi connectivity index (χ0) is 22.8. The van der Waals surface area contributed by atoms with E-state index in [0.29, 0.717) is 19.5 Å². The molecule has 7 nitrogen and oxygen atoms in total. The van der Waals surface area contributed by atoms with E-state index in [-0.39, 0.29) is 16.3 Å². The van der Waals surface area contributed by atoms with E-state index in [2.05, 4.69) is 15.3 Å². The van der Waals surface area contributed by atoms with Gasteiger partial charge in [-0.05, 0) is 41.1 Å². The van der Waals surface area contributed by atoms with Crippen LogP contribution in [0.4, 0.5) is 0 Å². The molecule has 1 amide bonds. The summed E-state index contributed by atoms with van der Waals surface area (Å²) in [6.07, 6.45) is 4.07. The SMILES string of the molecule is O=C(NCc1nc(-c2ccncc2)cs1)c1sccc1S(=O)(=O)N1CCc2ccccc2C1. The molecule has 1 aromatic carbocycles. The van der Waals surface area contributed by atoms with Crippen molar-refractivity contribution >= 4 is 38.6 Å². The number of amides is 1. The average Bonchev–Trinajstić information content (AvgIpc) is 3.53. The third-order valence-corrected chi connectivity index (χ3v) is 9.26. The molecule has 1 aliphatic rings. The Hall–Kier alpha value is -2.92. The Bertz CT molecular complexity index is 1400. The molecular formula is C23H20N4O3S3. The molecule has 4 heterocycles. The number of hydrogen-bond donors (Lipinski definition) is 1. The summed E-state index contributed by atoms with van der Waals surface area (Å²) in [7, 11) is -3.79. The normalized spacial score (nSPS) is 14.1. The lowest BCUT2D eigenvalue weighted by Crippen LogP contribution is -2.36. The molecule has 168 valence electrons.